The molecule has 0 radical (unpaired) electrons. The van der Waals surface area contributed by atoms with Crippen molar-refractivity contribution in [1.82, 2.24) is 20.4 Å². The fourth-order valence-corrected chi connectivity index (χ4v) is 4.80. The summed E-state index contributed by atoms with van der Waals surface area (Å²) in [5.41, 5.74) is 2.82. The summed E-state index contributed by atoms with van der Waals surface area (Å²) in [5, 5.41) is 17.4. The zero-order valence-corrected chi connectivity index (χ0v) is 21.6. The molecular weight excluding hydrogens is 460 g/mol. The normalized spacial score (nSPS) is 19.8. The monoisotopic (exact) mass is 494 g/mol. The van der Waals surface area contributed by atoms with Crippen LogP contribution in [-0.4, -0.2) is 50.7 Å². The van der Waals surface area contributed by atoms with E-state index in [1.807, 2.05) is 58.9 Å². The Labute approximate surface area is 210 Å². The smallest absolute Gasteiger partial charge is 0.243 e. The molecule has 0 unspecified atom stereocenters. The van der Waals surface area contributed by atoms with E-state index in [2.05, 4.69) is 15.5 Å². The fraction of sp³-hybridized carbons (Fsp3) is 0.481. The van der Waals surface area contributed by atoms with Gasteiger partial charge in [0.15, 0.2) is 12.2 Å². The number of aliphatic hydroxyl groups excluding tert-OH is 1. The highest BCUT2D eigenvalue weighted by molar-refractivity contribution is 5.91. The molecule has 0 saturated carbocycles. The topological polar surface area (TPSA) is 122 Å². The van der Waals surface area contributed by atoms with Gasteiger partial charge in [0.2, 0.25) is 11.8 Å². The van der Waals surface area contributed by atoms with Gasteiger partial charge in [-0.2, -0.15) is 0 Å². The molecule has 4 rings (SSSR count). The average Bonchev–Trinajstić information content (AvgIpc) is 3.53. The average molecular weight is 495 g/mol. The molecule has 9 heteroatoms. The maximum absolute atomic E-state index is 13.7. The minimum absolute atomic E-state index is 0.0935. The number of carbonyl (C=O) groups excluding carboxylic acids is 2. The van der Waals surface area contributed by atoms with Crippen molar-refractivity contribution in [1.29, 1.82) is 0 Å². The minimum Gasteiger partial charge on any atom is -0.443 e. The molecule has 2 N–H and O–H groups in total. The van der Waals surface area contributed by atoms with Gasteiger partial charge in [0.25, 0.3) is 0 Å². The SMILES string of the molecule is Cc1cc([C@H](C(=O)N2C[C@H](O)C[C@H]2C(=O)N[C@@H](C)c2ccc(-c3ocnc3C)cc2)C(C)(C)C)on1. The Morgan fingerprint density at radius 2 is 1.89 bits per heavy atom. The number of amides is 2. The summed E-state index contributed by atoms with van der Waals surface area (Å²) in [4.78, 5) is 32.7. The van der Waals surface area contributed by atoms with Gasteiger partial charge in [0.1, 0.15) is 17.7 Å². The van der Waals surface area contributed by atoms with E-state index in [9.17, 15) is 14.7 Å². The Kier molecular flexibility index (Phi) is 7.04. The van der Waals surface area contributed by atoms with Crippen LogP contribution in [-0.2, 0) is 9.59 Å². The van der Waals surface area contributed by atoms with Crippen molar-refractivity contribution in [3.63, 3.8) is 0 Å². The van der Waals surface area contributed by atoms with Crippen LogP contribution < -0.4 is 5.32 Å². The van der Waals surface area contributed by atoms with Gasteiger partial charge in [-0.1, -0.05) is 50.2 Å². The van der Waals surface area contributed by atoms with Crippen LogP contribution in [0.4, 0.5) is 0 Å². The number of rotatable bonds is 6. The molecule has 9 nitrogen and oxygen atoms in total. The Hall–Kier alpha value is -3.46. The van der Waals surface area contributed by atoms with E-state index in [0.717, 1.165) is 16.8 Å². The van der Waals surface area contributed by atoms with Crippen molar-refractivity contribution in [2.75, 3.05) is 6.54 Å². The van der Waals surface area contributed by atoms with Crippen molar-refractivity contribution in [2.45, 2.75) is 72.1 Å². The molecular formula is C27H34N4O5. The Morgan fingerprint density at radius 1 is 1.19 bits per heavy atom. The highest BCUT2D eigenvalue weighted by Gasteiger charge is 2.46. The lowest BCUT2D eigenvalue weighted by atomic mass is 9.78. The molecule has 2 amide bonds. The lowest BCUT2D eigenvalue weighted by Gasteiger charge is -2.33. The molecule has 4 atom stereocenters. The number of carbonyl (C=O) groups is 2. The molecule has 1 aliphatic heterocycles. The Balaban J connectivity index is 1.50. The number of aromatic nitrogens is 2. The largest absolute Gasteiger partial charge is 0.443 e. The number of hydrogen-bond acceptors (Lipinski definition) is 7. The summed E-state index contributed by atoms with van der Waals surface area (Å²) in [7, 11) is 0. The second-order valence-corrected chi connectivity index (χ2v) is 10.7. The van der Waals surface area contributed by atoms with Gasteiger partial charge in [-0.15, -0.1) is 0 Å². The van der Waals surface area contributed by atoms with Gasteiger partial charge in [0, 0.05) is 24.6 Å². The van der Waals surface area contributed by atoms with Crippen LogP contribution in [0.25, 0.3) is 11.3 Å². The van der Waals surface area contributed by atoms with Gasteiger partial charge < -0.3 is 24.3 Å². The van der Waals surface area contributed by atoms with Crippen LogP contribution in [0.1, 0.15) is 68.8 Å². The van der Waals surface area contributed by atoms with Crippen molar-refractivity contribution >= 4 is 11.8 Å². The van der Waals surface area contributed by atoms with Crippen LogP contribution in [0, 0.1) is 19.3 Å². The first-order valence-electron chi connectivity index (χ1n) is 12.2. The van der Waals surface area contributed by atoms with E-state index >= 15 is 0 Å². The Bertz CT molecular complexity index is 1220. The molecule has 1 aromatic carbocycles. The summed E-state index contributed by atoms with van der Waals surface area (Å²) >= 11 is 0. The van der Waals surface area contributed by atoms with Crippen LogP contribution in [0.3, 0.4) is 0 Å². The van der Waals surface area contributed by atoms with Crippen molar-refractivity contribution in [2.24, 2.45) is 5.41 Å². The molecule has 2 aromatic heterocycles. The minimum atomic E-state index is -0.778. The maximum atomic E-state index is 13.7. The summed E-state index contributed by atoms with van der Waals surface area (Å²) < 4.78 is 10.9. The first-order chi connectivity index (χ1) is 17.0. The van der Waals surface area contributed by atoms with Gasteiger partial charge in [-0.05, 0) is 31.7 Å². The third-order valence-electron chi connectivity index (χ3n) is 6.69. The van der Waals surface area contributed by atoms with Crippen LogP contribution >= 0.6 is 0 Å². The number of nitrogens with zero attached hydrogens (tertiary/aromatic N) is 3. The number of β-amino-alcohol motifs (C(OH)–C–C–N with tert-alkyl or cyclic N) is 1. The lowest BCUT2D eigenvalue weighted by Crippen LogP contribution is -2.49. The predicted octanol–water partition coefficient (Wildman–Crippen LogP) is 3.92. The second-order valence-electron chi connectivity index (χ2n) is 10.7. The summed E-state index contributed by atoms with van der Waals surface area (Å²) in [6.07, 6.45) is 0.819. The number of aryl methyl sites for hydroxylation is 2. The van der Waals surface area contributed by atoms with E-state index in [0.29, 0.717) is 17.2 Å². The highest BCUT2D eigenvalue weighted by Crippen LogP contribution is 2.38. The molecule has 0 aliphatic carbocycles. The van der Waals surface area contributed by atoms with E-state index in [1.54, 1.807) is 13.0 Å². The second kappa shape index (κ2) is 9.89. The molecule has 36 heavy (non-hydrogen) atoms. The first-order valence-corrected chi connectivity index (χ1v) is 12.2. The number of nitrogens with one attached hydrogen (secondary N) is 1. The van der Waals surface area contributed by atoms with Gasteiger partial charge in [-0.25, -0.2) is 4.98 Å². The van der Waals surface area contributed by atoms with E-state index in [4.69, 9.17) is 8.94 Å². The molecule has 192 valence electrons. The molecule has 1 fully saturated rings. The van der Waals surface area contributed by atoms with E-state index in [1.165, 1.54) is 11.3 Å². The standard InChI is InChI=1S/C27H34N4O5/c1-15-11-22(36-30-15)23(27(4,5)6)26(34)31-13-20(32)12-21(31)25(33)29-16(2)18-7-9-19(10-8-18)24-17(3)28-14-35-24/h7-11,14,16,20-21,23,32H,12-13H2,1-6H3,(H,29,33)/t16-,20+,21-,23+/m0/s1. The van der Waals surface area contributed by atoms with Crippen LogP contribution in [0.15, 0.2) is 45.7 Å². The predicted molar refractivity (Wildman–Crippen MR) is 133 cm³/mol. The molecule has 0 bridgehead atoms. The van der Waals surface area contributed by atoms with Gasteiger partial charge in [0.05, 0.1) is 23.5 Å². The van der Waals surface area contributed by atoms with Gasteiger partial charge in [-0.3, -0.25) is 9.59 Å². The highest BCUT2D eigenvalue weighted by atomic mass is 16.5. The van der Waals surface area contributed by atoms with Gasteiger partial charge >= 0.3 is 0 Å². The third kappa shape index (κ3) is 5.21. The van der Waals surface area contributed by atoms with E-state index < -0.39 is 23.5 Å². The summed E-state index contributed by atoms with van der Waals surface area (Å²) in [6, 6.07) is 8.38. The molecule has 1 saturated heterocycles. The number of benzene rings is 1. The molecule has 3 aromatic rings. The molecule has 3 heterocycles. The first kappa shape index (κ1) is 25.6. The number of likely N-dealkylation sites (tertiary alicyclic amines) is 1. The number of aliphatic hydroxyl groups is 1. The zero-order valence-electron chi connectivity index (χ0n) is 21.6. The maximum Gasteiger partial charge on any atom is 0.243 e. The summed E-state index contributed by atoms with van der Waals surface area (Å²) in [5.74, 6) is -0.0220. The third-order valence-corrected chi connectivity index (χ3v) is 6.69. The van der Waals surface area contributed by atoms with Crippen molar-refractivity contribution in [3.8, 4) is 11.3 Å². The quantitative estimate of drug-likeness (QED) is 0.533. The molecule has 1 aliphatic rings. The van der Waals surface area contributed by atoms with Crippen molar-refractivity contribution in [3.05, 3.63) is 59.4 Å². The fourth-order valence-electron chi connectivity index (χ4n) is 4.80. The van der Waals surface area contributed by atoms with Crippen LogP contribution in [0.5, 0.6) is 0 Å². The number of hydrogen-bond donors (Lipinski definition) is 2. The molecule has 0 spiro atoms. The Morgan fingerprint density at radius 3 is 2.44 bits per heavy atom. The number of oxazole rings is 1. The lowest BCUT2D eigenvalue weighted by molar-refractivity contribution is -0.142. The zero-order chi connectivity index (χ0) is 26.2. The summed E-state index contributed by atoms with van der Waals surface area (Å²) in [6.45, 7) is 11.5. The van der Waals surface area contributed by atoms with Crippen LogP contribution in [0.2, 0.25) is 0 Å². The van der Waals surface area contributed by atoms with E-state index in [-0.39, 0.29) is 30.8 Å². The van der Waals surface area contributed by atoms with Crippen molar-refractivity contribution < 1.29 is 23.6 Å².